The maximum atomic E-state index is 11.4. The highest BCUT2D eigenvalue weighted by Crippen LogP contribution is 2.15. The third-order valence-electron chi connectivity index (χ3n) is 2.06. The Labute approximate surface area is 118 Å². The molecule has 0 aliphatic carbocycles. The van der Waals surface area contributed by atoms with Crippen molar-refractivity contribution in [2.24, 2.45) is 0 Å². The summed E-state index contributed by atoms with van der Waals surface area (Å²) in [5, 5.41) is 0. The molecule has 0 unspecified atom stereocenters. The first-order valence-electron chi connectivity index (χ1n) is 6.09. The van der Waals surface area contributed by atoms with Crippen molar-refractivity contribution in [1.29, 1.82) is 0 Å². The minimum Gasteiger partial charge on any atom is -0.458 e. The van der Waals surface area contributed by atoms with Crippen LogP contribution in [0, 0.1) is 0 Å². The Hall–Kier alpha value is -2.30. The van der Waals surface area contributed by atoms with E-state index in [1.807, 2.05) is 0 Å². The summed E-state index contributed by atoms with van der Waals surface area (Å²) in [7, 11) is 0. The van der Waals surface area contributed by atoms with E-state index in [2.05, 4.69) is 6.58 Å². The Morgan fingerprint density at radius 2 is 1.80 bits per heavy atom. The smallest absolute Gasteiger partial charge is 0.458 e. The van der Waals surface area contributed by atoms with Crippen LogP contribution in [0.15, 0.2) is 36.9 Å². The number of ether oxygens (including phenoxy) is 3. The first-order valence-corrected chi connectivity index (χ1v) is 6.09. The molecule has 108 valence electrons. The van der Waals surface area contributed by atoms with Crippen molar-refractivity contribution >= 4 is 12.1 Å². The molecule has 20 heavy (non-hydrogen) atoms. The minimum atomic E-state index is -0.761. The highest BCUT2D eigenvalue weighted by atomic mass is 16.7. The standard InChI is InChI=1S/C15H18O5/c1-5-13(16)18-10-11-6-8-12(9-7-11)19-14(17)20-15(2,3)4/h5-9H,1,10H2,2-4H3. The fourth-order valence-electron chi connectivity index (χ4n) is 1.23. The molecule has 0 saturated carbocycles. The molecule has 0 atom stereocenters. The summed E-state index contributed by atoms with van der Waals surface area (Å²) in [6.07, 6.45) is 0.336. The molecule has 0 bridgehead atoms. The SMILES string of the molecule is C=CC(=O)OCc1ccc(OC(=O)OC(C)(C)C)cc1. The van der Waals surface area contributed by atoms with E-state index in [4.69, 9.17) is 14.2 Å². The van der Waals surface area contributed by atoms with Gasteiger partial charge in [0.1, 0.15) is 18.0 Å². The predicted octanol–water partition coefficient (Wildman–Crippen LogP) is 3.23. The van der Waals surface area contributed by atoms with Crippen molar-refractivity contribution in [2.75, 3.05) is 0 Å². The summed E-state index contributed by atoms with van der Waals surface area (Å²) in [6, 6.07) is 6.58. The second-order valence-electron chi connectivity index (χ2n) is 5.02. The fourth-order valence-corrected chi connectivity index (χ4v) is 1.23. The average Bonchev–Trinajstić information content (AvgIpc) is 2.35. The normalized spacial score (nSPS) is 10.6. The van der Waals surface area contributed by atoms with Crippen LogP contribution in [-0.4, -0.2) is 17.7 Å². The Morgan fingerprint density at radius 1 is 1.20 bits per heavy atom. The number of hydrogen-bond acceptors (Lipinski definition) is 5. The maximum Gasteiger partial charge on any atom is 0.514 e. The zero-order valence-corrected chi connectivity index (χ0v) is 11.8. The van der Waals surface area contributed by atoms with E-state index in [-0.39, 0.29) is 6.61 Å². The molecule has 5 heteroatoms. The number of esters is 1. The molecule has 0 aliphatic rings. The van der Waals surface area contributed by atoms with Crippen LogP contribution < -0.4 is 4.74 Å². The van der Waals surface area contributed by atoms with E-state index in [0.29, 0.717) is 5.75 Å². The van der Waals surface area contributed by atoms with Gasteiger partial charge >= 0.3 is 12.1 Å². The summed E-state index contributed by atoms with van der Waals surface area (Å²) in [4.78, 5) is 22.3. The van der Waals surface area contributed by atoms with Gasteiger partial charge in [0.2, 0.25) is 0 Å². The molecule has 0 aliphatic heterocycles. The van der Waals surface area contributed by atoms with Gasteiger partial charge in [0.05, 0.1) is 0 Å². The van der Waals surface area contributed by atoms with E-state index >= 15 is 0 Å². The van der Waals surface area contributed by atoms with Crippen molar-refractivity contribution in [3.63, 3.8) is 0 Å². The molecule has 0 fully saturated rings. The van der Waals surface area contributed by atoms with Crippen molar-refractivity contribution in [1.82, 2.24) is 0 Å². The van der Waals surface area contributed by atoms with Crippen LogP contribution in [0.5, 0.6) is 5.75 Å². The predicted molar refractivity (Wildman–Crippen MR) is 73.3 cm³/mol. The van der Waals surface area contributed by atoms with Crippen molar-refractivity contribution in [3.8, 4) is 5.75 Å². The van der Waals surface area contributed by atoms with Gasteiger partial charge < -0.3 is 14.2 Å². The molecule has 1 rings (SSSR count). The largest absolute Gasteiger partial charge is 0.514 e. The average molecular weight is 278 g/mol. The zero-order valence-electron chi connectivity index (χ0n) is 11.8. The van der Waals surface area contributed by atoms with Crippen molar-refractivity contribution < 1.29 is 23.8 Å². The summed E-state index contributed by atoms with van der Waals surface area (Å²) >= 11 is 0. The van der Waals surface area contributed by atoms with Gasteiger partial charge in [-0.1, -0.05) is 18.7 Å². The van der Waals surface area contributed by atoms with Crippen LogP contribution in [0.25, 0.3) is 0 Å². The summed E-state index contributed by atoms with van der Waals surface area (Å²) in [5.41, 5.74) is 0.173. The lowest BCUT2D eigenvalue weighted by molar-refractivity contribution is -0.138. The van der Waals surface area contributed by atoms with Gasteiger partial charge in [0, 0.05) is 6.08 Å². The van der Waals surface area contributed by atoms with Crippen LogP contribution in [0.1, 0.15) is 26.3 Å². The van der Waals surface area contributed by atoms with Crippen LogP contribution in [0.3, 0.4) is 0 Å². The Balaban J connectivity index is 2.52. The van der Waals surface area contributed by atoms with Gasteiger partial charge in [-0.05, 0) is 38.5 Å². The third kappa shape index (κ3) is 6.04. The Bertz CT molecular complexity index is 482. The minimum absolute atomic E-state index is 0.136. The molecule has 0 spiro atoms. The van der Waals surface area contributed by atoms with E-state index in [9.17, 15) is 9.59 Å². The van der Waals surface area contributed by atoms with Gasteiger partial charge in [-0.3, -0.25) is 0 Å². The number of rotatable bonds is 4. The van der Waals surface area contributed by atoms with Gasteiger partial charge in [-0.15, -0.1) is 0 Å². The summed E-state index contributed by atoms with van der Waals surface area (Å²) in [6.45, 7) is 8.71. The Kier molecular flexibility index (Phi) is 5.32. The number of carbonyl (C=O) groups excluding carboxylic acids is 2. The van der Waals surface area contributed by atoms with Gasteiger partial charge in [-0.25, -0.2) is 9.59 Å². The first-order chi connectivity index (χ1) is 9.30. The highest BCUT2D eigenvalue weighted by Gasteiger charge is 2.17. The quantitative estimate of drug-likeness (QED) is 0.480. The second kappa shape index (κ2) is 6.75. The molecule has 5 nitrogen and oxygen atoms in total. The van der Waals surface area contributed by atoms with E-state index < -0.39 is 17.7 Å². The lowest BCUT2D eigenvalue weighted by Crippen LogP contribution is -2.25. The van der Waals surface area contributed by atoms with E-state index in [1.165, 1.54) is 0 Å². The van der Waals surface area contributed by atoms with Crippen LogP contribution in [-0.2, 0) is 20.9 Å². The van der Waals surface area contributed by atoms with Gasteiger partial charge in [-0.2, -0.15) is 0 Å². The molecular weight excluding hydrogens is 260 g/mol. The molecule has 0 radical (unpaired) electrons. The van der Waals surface area contributed by atoms with E-state index in [0.717, 1.165) is 11.6 Å². The van der Waals surface area contributed by atoms with Gasteiger partial charge in [0.15, 0.2) is 0 Å². The summed E-state index contributed by atoms with van der Waals surface area (Å²) in [5.74, 6) is -0.128. The molecule has 0 aromatic heterocycles. The monoisotopic (exact) mass is 278 g/mol. The lowest BCUT2D eigenvalue weighted by atomic mass is 10.2. The fraction of sp³-hybridized carbons (Fsp3) is 0.333. The number of hydrogen-bond donors (Lipinski definition) is 0. The van der Waals surface area contributed by atoms with Crippen LogP contribution in [0.4, 0.5) is 4.79 Å². The third-order valence-corrected chi connectivity index (χ3v) is 2.06. The number of carbonyl (C=O) groups is 2. The molecule has 1 aromatic rings. The lowest BCUT2D eigenvalue weighted by Gasteiger charge is -2.18. The zero-order chi connectivity index (χ0) is 15.2. The molecular formula is C15H18O5. The molecule has 1 aromatic carbocycles. The Morgan fingerprint density at radius 3 is 2.30 bits per heavy atom. The number of benzene rings is 1. The first kappa shape index (κ1) is 15.8. The van der Waals surface area contributed by atoms with Crippen LogP contribution in [0.2, 0.25) is 0 Å². The van der Waals surface area contributed by atoms with Crippen molar-refractivity contribution in [3.05, 3.63) is 42.5 Å². The van der Waals surface area contributed by atoms with Crippen molar-refractivity contribution in [2.45, 2.75) is 33.0 Å². The second-order valence-corrected chi connectivity index (χ2v) is 5.02. The van der Waals surface area contributed by atoms with Gasteiger partial charge in [0.25, 0.3) is 0 Å². The van der Waals surface area contributed by atoms with E-state index in [1.54, 1.807) is 45.0 Å². The molecule has 0 amide bonds. The summed E-state index contributed by atoms with van der Waals surface area (Å²) < 4.78 is 14.9. The molecule has 0 heterocycles. The maximum absolute atomic E-state index is 11.4. The van der Waals surface area contributed by atoms with Crippen LogP contribution >= 0.6 is 0 Å². The molecule has 0 N–H and O–H groups in total. The molecule has 0 saturated heterocycles. The topological polar surface area (TPSA) is 61.8 Å². The highest BCUT2D eigenvalue weighted by molar-refractivity contribution is 5.81.